The largest absolute Gasteiger partial charge is 0.496 e. The fraction of sp³-hybridized carbons (Fsp3) is 0.562. The van der Waals surface area contributed by atoms with Crippen LogP contribution in [0.5, 0.6) is 5.75 Å². The third-order valence-corrected chi connectivity index (χ3v) is 4.01. The highest BCUT2D eigenvalue weighted by Crippen LogP contribution is 2.22. The van der Waals surface area contributed by atoms with Gasteiger partial charge in [-0.3, -0.25) is 9.69 Å². The number of likely N-dealkylation sites (tertiary alicyclic amines) is 1. The lowest BCUT2D eigenvalue weighted by Crippen LogP contribution is -2.38. The summed E-state index contributed by atoms with van der Waals surface area (Å²) in [5.74, 6) is 0.642. The van der Waals surface area contributed by atoms with Gasteiger partial charge in [0.2, 0.25) is 0 Å². The van der Waals surface area contributed by atoms with E-state index in [9.17, 15) is 9.18 Å². The quantitative estimate of drug-likeness (QED) is 0.776. The van der Waals surface area contributed by atoms with Gasteiger partial charge in [-0.25, -0.2) is 4.39 Å². The van der Waals surface area contributed by atoms with Crippen molar-refractivity contribution in [2.24, 2.45) is 5.92 Å². The van der Waals surface area contributed by atoms with Crippen molar-refractivity contribution in [1.82, 2.24) is 4.90 Å². The Kier molecular flexibility index (Phi) is 5.12. The Morgan fingerprint density at radius 3 is 3.00 bits per heavy atom. The maximum atomic E-state index is 13.3. The molecule has 0 bridgehead atoms. The molecule has 0 aromatic heterocycles. The van der Waals surface area contributed by atoms with Crippen molar-refractivity contribution in [3.63, 3.8) is 0 Å². The Balaban J connectivity index is 2.06. The summed E-state index contributed by atoms with van der Waals surface area (Å²) in [5.41, 5.74) is 0.339. The topological polar surface area (TPSA) is 29.5 Å². The molecule has 1 aromatic carbocycles. The van der Waals surface area contributed by atoms with Gasteiger partial charge in [-0.1, -0.05) is 13.3 Å². The molecule has 1 aliphatic heterocycles. The Morgan fingerprint density at radius 2 is 2.30 bits per heavy atom. The number of hydrogen-bond acceptors (Lipinski definition) is 3. The van der Waals surface area contributed by atoms with Crippen LogP contribution in [0.4, 0.5) is 4.39 Å². The van der Waals surface area contributed by atoms with Crippen LogP contribution >= 0.6 is 0 Å². The number of piperidine rings is 1. The van der Waals surface area contributed by atoms with Gasteiger partial charge in [0.1, 0.15) is 11.6 Å². The van der Waals surface area contributed by atoms with Crippen LogP contribution in [0.25, 0.3) is 0 Å². The van der Waals surface area contributed by atoms with E-state index in [-0.39, 0.29) is 5.78 Å². The summed E-state index contributed by atoms with van der Waals surface area (Å²) in [5, 5.41) is 0. The van der Waals surface area contributed by atoms with Gasteiger partial charge in [0.15, 0.2) is 5.78 Å². The highest BCUT2D eigenvalue weighted by Gasteiger charge is 2.22. The zero-order valence-corrected chi connectivity index (χ0v) is 12.2. The molecule has 110 valence electrons. The monoisotopic (exact) mass is 279 g/mol. The van der Waals surface area contributed by atoms with Gasteiger partial charge in [-0.05, 0) is 43.5 Å². The zero-order chi connectivity index (χ0) is 14.5. The number of carbonyl (C=O) groups is 1. The molecule has 1 aromatic rings. The number of ketones is 1. The number of hydrogen-bond donors (Lipinski definition) is 0. The van der Waals surface area contributed by atoms with Crippen molar-refractivity contribution in [3.8, 4) is 5.75 Å². The lowest BCUT2D eigenvalue weighted by atomic mass is 9.95. The number of ether oxygens (including phenoxy) is 1. The van der Waals surface area contributed by atoms with E-state index in [0.717, 1.165) is 25.9 Å². The van der Waals surface area contributed by atoms with Crippen LogP contribution in [-0.2, 0) is 0 Å². The van der Waals surface area contributed by atoms with Gasteiger partial charge in [0, 0.05) is 6.54 Å². The highest BCUT2D eigenvalue weighted by atomic mass is 19.1. The van der Waals surface area contributed by atoms with E-state index >= 15 is 0 Å². The Hall–Kier alpha value is -1.42. The zero-order valence-electron chi connectivity index (χ0n) is 12.2. The van der Waals surface area contributed by atoms with Crippen LogP contribution < -0.4 is 4.74 Å². The maximum absolute atomic E-state index is 13.3. The fourth-order valence-corrected chi connectivity index (χ4v) is 2.81. The second kappa shape index (κ2) is 6.84. The summed E-state index contributed by atoms with van der Waals surface area (Å²) in [6.07, 6.45) is 3.52. The molecule has 1 heterocycles. The van der Waals surface area contributed by atoms with Crippen LogP contribution in [-0.4, -0.2) is 37.4 Å². The molecular formula is C16H22FNO2. The summed E-state index contributed by atoms with van der Waals surface area (Å²) in [4.78, 5) is 14.5. The average Bonchev–Trinajstić information content (AvgIpc) is 2.47. The van der Waals surface area contributed by atoms with E-state index in [1.54, 1.807) is 0 Å². The van der Waals surface area contributed by atoms with Crippen molar-refractivity contribution in [2.45, 2.75) is 26.2 Å². The van der Waals surface area contributed by atoms with Crippen molar-refractivity contribution in [3.05, 3.63) is 29.6 Å². The van der Waals surface area contributed by atoms with E-state index in [4.69, 9.17) is 4.74 Å². The summed E-state index contributed by atoms with van der Waals surface area (Å²) >= 11 is 0. The Labute approximate surface area is 119 Å². The third-order valence-electron chi connectivity index (χ3n) is 4.01. The molecule has 3 nitrogen and oxygen atoms in total. The molecule has 1 saturated heterocycles. The van der Waals surface area contributed by atoms with Gasteiger partial charge in [-0.15, -0.1) is 0 Å². The number of Topliss-reactive ketones (excluding diaryl/α,β-unsaturated/α-hetero) is 1. The van der Waals surface area contributed by atoms with Gasteiger partial charge in [0.25, 0.3) is 0 Å². The van der Waals surface area contributed by atoms with Crippen molar-refractivity contribution >= 4 is 5.78 Å². The van der Waals surface area contributed by atoms with Crippen molar-refractivity contribution < 1.29 is 13.9 Å². The lowest BCUT2D eigenvalue weighted by molar-refractivity contribution is 0.0881. The predicted molar refractivity (Wildman–Crippen MR) is 76.7 cm³/mol. The van der Waals surface area contributed by atoms with Gasteiger partial charge < -0.3 is 4.74 Å². The minimum Gasteiger partial charge on any atom is -0.496 e. The Bertz CT molecular complexity index is 476. The molecule has 4 heteroatoms. The van der Waals surface area contributed by atoms with Crippen LogP contribution in [0.1, 0.15) is 36.5 Å². The fourth-order valence-electron chi connectivity index (χ4n) is 2.81. The molecule has 0 spiro atoms. The highest BCUT2D eigenvalue weighted by molar-refractivity contribution is 6.00. The van der Waals surface area contributed by atoms with E-state index < -0.39 is 5.82 Å². The summed E-state index contributed by atoms with van der Waals surface area (Å²) < 4.78 is 18.5. The molecule has 1 atom stereocenters. The number of nitrogens with zero attached hydrogens (tertiary/aromatic N) is 1. The molecule has 0 radical (unpaired) electrons. The first-order valence-corrected chi connectivity index (χ1v) is 7.23. The first-order valence-electron chi connectivity index (χ1n) is 7.23. The number of rotatable bonds is 5. The second-order valence-electron chi connectivity index (χ2n) is 5.42. The summed E-state index contributed by atoms with van der Waals surface area (Å²) in [6, 6.07) is 4.08. The number of benzene rings is 1. The van der Waals surface area contributed by atoms with Crippen LogP contribution in [0.15, 0.2) is 18.2 Å². The molecule has 1 aliphatic rings. The van der Waals surface area contributed by atoms with E-state index in [1.807, 2.05) is 0 Å². The molecular weight excluding hydrogens is 257 g/mol. The second-order valence-corrected chi connectivity index (χ2v) is 5.42. The molecule has 2 rings (SSSR count). The molecule has 0 aliphatic carbocycles. The number of carbonyl (C=O) groups excluding carboxylic acids is 1. The van der Waals surface area contributed by atoms with Crippen molar-refractivity contribution in [2.75, 3.05) is 26.7 Å². The van der Waals surface area contributed by atoms with Crippen LogP contribution in [0.2, 0.25) is 0 Å². The standard InChI is InChI=1S/C16H22FNO2/c1-3-12-5-4-8-18(10-12)11-15(19)14-9-13(17)6-7-16(14)20-2/h6-7,9,12H,3-5,8,10-11H2,1-2H3. The molecule has 0 amide bonds. The predicted octanol–water partition coefficient (Wildman–Crippen LogP) is 3.14. The minimum absolute atomic E-state index is 0.0712. The third kappa shape index (κ3) is 3.57. The smallest absolute Gasteiger partial charge is 0.180 e. The molecule has 1 fully saturated rings. The van der Waals surface area contributed by atoms with Gasteiger partial charge >= 0.3 is 0 Å². The lowest BCUT2D eigenvalue weighted by Gasteiger charge is -2.31. The van der Waals surface area contributed by atoms with Crippen LogP contribution in [0, 0.1) is 11.7 Å². The Morgan fingerprint density at radius 1 is 1.50 bits per heavy atom. The van der Waals surface area contributed by atoms with E-state index in [1.165, 1.54) is 31.7 Å². The maximum Gasteiger partial charge on any atom is 0.180 e. The molecule has 0 saturated carbocycles. The molecule has 20 heavy (non-hydrogen) atoms. The van der Waals surface area contributed by atoms with Crippen LogP contribution in [0.3, 0.4) is 0 Å². The van der Waals surface area contributed by atoms with E-state index in [2.05, 4.69) is 11.8 Å². The molecule has 0 N–H and O–H groups in total. The van der Waals surface area contributed by atoms with Gasteiger partial charge in [0.05, 0.1) is 19.2 Å². The first kappa shape index (κ1) is 15.0. The van der Waals surface area contributed by atoms with E-state index in [0.29, 0.717) is 23.8 Å². The SMILES string of the molecule is CCC1CCCN(CC(=O)c2cc(F)ccc2OC)C1. The first-order chi connectivity index (χ1) is 9.63. The van der Waals surface area contributed by atoms with Crippen molar-refractivity contribution in [1.29, 1.82) is 0 Å². The minimum atomic E-state index is -0.403. The average molecular weight is 279 g/mol. The summed E-state index contributed by atoms with van der Waals surface area (Å²) in [6.45, 7) is 4.43. The normalized spacial score (nSPS) is 19.9. The summed E-state index contributed by atoms with van der Waals surface area (Å²) in [7, 11) is 1.50. The number of methoxy groups -OCH3 is 1. The van der Waals surface area contributed by atoms with Gasteiger partial charge in [-0.2, -0.15) is 0 Å². The molecule has 1 unspecified atom stereocenters. The number of halogens is 1.